The fourth-order valence-electron chi connectivity index (χ4n) is 2.90. The number of benzene rings is 2. The van der Waals surface area contributed by atoms with E-state index < -0.39 is 0 Å². The molecular formula is C17H18BrN. The van der Waals surface area contributed by atoms with E-state index in [9.17, 15) is 0 Å². The molecule has 1 aliphatic rings. The summed E-state index contributed by atoms with van der Waals surface area (Å²) in [4.78, 5) is 0. The van der Waals surface area contributed by atoms with Crippen LogP contribution in [0.3, 0.4) is 0 Å². The Morgan fingerprint density at radius 1 is 1.05 bits per heavy atom. The van der Waals surface area contributed by atoms with Crippen LogP contribution in [0.5, 0.6) is 0 Å². The third-order valence-electron chi connectivity index (χ3n) is 3.89. The first-order valence-corrected chi connectivity index (χ1v) is 7.60. The number of hydrogen-bond acceptors (Lipinski definition) is 1. The third kappa shape index (κ3) is 2.90. The highest BCUT2D eigenvalue weighted by Crippen LogP contribution is 2.25. The lowest BCUT2D eigenvalue weighted by atomic mass is 10.1. The van der Waals surface area contributed by atoms with Gasteiger partial charge in [-0.2, -0.15) is 0 Å². The number of fused-ring (bicyclic) bond motifs is 1. The molecular weight excluding hydrogens is 298 g/mol. The molecule has 2 aromatic rings. The van der Waals surface area contributed by atoms with Crippen LogP contribution in [0.25, 0.3) is 0 Å². The zero-order valence-electron chi connectivity index (χ0n) is 11.1. The fraction of sp³-hybridized carbons (Fsp3) is 0.294. The second kappa shape index (κ2) is 5.48. The Bertz CT molecular complexity index is 554. The summed E-state index contributed by atoms with van der Waals surface area (Å²) >= 11 is 3.54. The quantitative estimate of drug-likeness (QED) is 0.892. The molecule has 0 heterocycles. The average Bonchev–Trinajstić information content (AvgIpc) is 2.80. The maximum atomic E-state index is 3.75. The van der Waals surface area contributed by atoms with Gasteiger partial charge in [-0.1, -0.05) is 52.3 Å². The Morgan fingerprint density at radius 2 is 1.74 bits per heavy atom. The molecule has 1 N–H and O–H groups in total. The highest BCUT2D eigenvalue weighted by molar-refractivity contribution is 9.10. The molecule has 0 fully saturated rings. The molecule has 0 aromatic heterocycles. The molecule has 2 aromatic carbocycles. The normalized spacial score (nSPS) is 16.3. The largest absolute Gasteiger partial charge is 0.307 e. The molecule has 0 amide bonds. The van der Waals surface area contributed by atoms with Crippen LogP contribution in [0.1, 0.15) is 29.7 Å². The van der Waals surface area contributed by atoms with Gasteiger partial charge >= 0.3 is 0 Å². The minimum atomic E-state index is 0.386. The van der Waals surface area contributed by atoms with Crippen molar-refractivity contribution in [1.82, 2.24) is 5.32 Å². The van der Waals surface area contributed by atoms with Crippen molar-refractivity contribution in [3.8, 4) is 0 Å². The van der Waals surface area contributed by atoms with Gasteiger partial charge in [-0.3, -0.25) is 0 Å². The maximum Gasteiger partial charge on any atom is 0.0295 e. The molecule has 19 heavy (non-hydrogen) atoms. The lowest BCUT2D eigenvalue weighted by Crippen LogP contribution is -2.32. The van der Waals surface area contributed by atoms with E-state index in [-0.39, 0.29) is 0 Å². The zero-order valence-corrected chi connectivity index (χ0v) is 12.7. The van der Waals surface area contributed by atoms with Gasteiger partial charge in [-0.15, -0.1) is 0 Å². The lowest BCUT2D eigenvalue weighted by Gasteiger charge is -2.19. The van der Waals surface area contributed by atoms with Crippen LogP contribution in [0, 0.1) is 0 Å². The van der Waals surface area contributed by atoms with Crippen molar-refractivity contribution in [3.05, 3.63) is 69.7 Å². The van der Waals surface area contributed by atoms with Crippen molar-refractivity contribution < 1.29 is 0 Å². The van der Waals surface area contributed by atoms with Gasteiger partial charge in [0.25, 0.3) is 0 Å². The summed E-state index contributed by atoms with van der Waals surface area (Å²) in [6.07, 6.45) is 2.29. The number of nitrogens with one attached hydrogen (secondary N) is 1. The van der Waals surface area contributed by atoms with Crippen molar-refractivity contribution in [2.45, 2.75) is 31.8 Å². The van der Waals surface area contributed by atoms with Crippen LogP contribution < -0.4 is 5.32 Å². The van der Waals surface area contributed by atoms with Crippen LogP contribution in [0.2, 0.25) is 0 Å². The molecule has 0 radical (unpaired) electrons. The van der Waals surface area contributed by atoms with Gasteiger partial charge in [-0.05, 0) is 48.6 Å². The Kier molecular flexibility index (Phi) is 3.72. The van der Waals surface area contributed by atoms with E-state index in [1.165, 1.54) is 16.7 Å². The summed E-state index contributed by atoms with van der Waals surface area (Å²) < 4.78 is 1.15. The molecule has 2 heteroatoms. The summed E-state index contributed by atoms with van der Waals surface area (Å²) in [5.74, 6) is 0. The van der Waals surface area contributed by atoms with Crippen molar-refractivity contribution in [3.63, 3.8) is 0 Å². The standard InChI is InChI=1S/C17H18BrN/c1-12(13-7-4-8-16(18)9-13)19-17-10-14-5-2-3-6-15(14)11-17/h2-9,12,17,19H,10-11H2,1H3/t12-/m0/s1. The molecule has 1 aliphatic carbocycles. The zero-order chi connectivity index (χ0) is 13.2. The number of rotatable bonds is 3. The first-order chi connectivity index (χ1) is 9.22. The molecule has 0 saturated heterocycles. The van der Waals surface area contributed by atoms with E-state index in [1.54, 1.807) is 0 Å². The summed E-state index contributed by atoms with van der Waals surface area (Å²) in [6, 6.07) is 18.3. The van der Waals surface area contributed by atoms with Gasteiger partial charge in [0.1, 0.15) is 0 Å². The minimum Gasteiger partial charge on any atom is -0.307 e. The van der Waals surface area contributed by atoms with E-state index in [0.717, 1.165) is 17.3 Å². The third-order valence-corrected chi connectivity index (χ3v) is 4.38. The van der Waals surface area contributed by atoms with Crippen LogP contribution in [0.4, 0.5) is 0 Å². The van der Waals surface area contributed by atoms with Crippen LogP contribution in [-0.4, -0.2) is 6.04 Å². The molecule has 0 aliphatic heterocycles. The summed E-state index contributed by atoms with van der Waals surface area (Å²) in [6.45, 7) is 2.24. The van der Waals surface area contributed by atoms with Gasteiger partial charge in [-0.25, -0.2) is 0 Å². The van der Waals surface area contributed by atoms with Crippen molar-refractivity contribution >= 4 is 15.9 Å². The maximum absolute atomic E-state index is 3.75. The molecule has 0 saturated carbocycles. The Morgan fingerprint density at radius 3 is 2.37 bits per heavy atom. The topological polar surface area (TPSA) is 12.0 Å². The fourth-order valence-corrected chi connectivity index (χ4v) is 3.32. The molecule has 3 rings (SSSR count). The van der Waals surface area contributed by atoms with Gasteiger partial charge < -0.3 is 5.32 Å². The number of halogens is 1. The average molecular weight is 316 g/mol. The smallest absolute Gasteiger partial charge is 0.0295 e. The molecule has 0 unspecified atom stereocenters. The number of hydrogen-bond donors (Lipinski definition) is 1. The molecule has 0 bridgehead atoms. The van der Waals surface area contributed by atoms with Crippen LogP contribution >= 0.6 is 15.9 Å². The first-order valence-electron chi connectivity index (χ1n) is 6.80. The van der Waals surface area contributed by atoms with E-state index in [0.29, 0.717) is 12.1 Å². The van der Waals surface area contributed by atoms with Gasteiger partial charge in [0, 0.05) is 16.6 Å². The lowest BCUT2D eigenvalue weighted by molar-refractivity contribution is 0.467. The van der Waals surface area contributed by atoms with Gasteiger partial charge in [0.05, 0.1) is 0 Å². The van der Waals surface area contributed by atoms with Gasteiger partial charge in [0.2, 0.25) is 0 Å². The van der Waals surface area contributed by atoms with Crippen molar-refractivity contribution in [2.24, 2.45) is 0 Å². The monoisotopic (exact) mass is 315 g/mol. The first kappa shape index (κ1) is 12.9. The SMILES string of the molecule is C[C@H](NC1Cc2ccccc2C1)c1cccc(Br)c1. The second-order valence-corrected chi connectivity index (χ2v) is 6.23. The summed E-state index contributed by atoms with van der Waals surface area (Å²) in [5.41, 5.74) is 4.34. The highest BCUT2D eigenvalue weighted by atomic mass is 79.9. The second-order valence-electron chi connectivity index (χ2n) is 5.32. The van der Waals surface area contributed by atoms with Crippen molar-refractivity contribution in [2.75, 3.05) is 0 Å². The predicted octanol–water partition coefficient (Wildman–Crippen LogP) is 4.27. The molecule has 1 nitrogen and oxygen atoms in total. The highest BCUT2D eigenvalue weighted by Gasteiger charge is 2.22. The van der Waals surface area contributed by atoms with E-state index in [4.69, 9.17) is 0 Å². The van der Waals surface area contributed by atoms with E-state index >= 15 is 0 Å². The molecule has 98 valence electrons. The molecule has 1 atom stereocenters. The van der Waals surface area contributed by atoms with Gasteiger partial charge in [0.15, 0.2) is 0 Å². The van der Waals surface area contributed by atoms with Crippen LogP contribution in [0.15, 0.2) is 53.0 Å². The summed E-state index contributed by atoms with van der Waals surface area (Å²) in [7, 11) is 0. The molecule has 0 spiro atoms. The Labute approximate surface area is 123 Å². The van der Waals surface area contributed by atoms with Crippen molar-refractivity contribution in [1.29, 1.82) is 0 Å². The van der Waals surface area contributed by atoms with E-state index in [1.807, 2.05) is 0 Å². The predicted molar refractivity (Wildman–Crippen MR) is 83.3 cm³/mol. The summed E-state index contributed by atoms with van der Waals surface area (Å²) in [5, 5.41) is 3.75. The minimum absolute atomic E-state index is 0.386. The van der Waals surface area contributed by atoms with E-state index in [2.05, 4.69) is 76.7 Å². The Hall–Kier alpha value is -1.12. The Balaban J connectivity index is 1.67. The van der Waals surface area contributed by atoms with Crippen LogP contribution in [-0.2, 0) is 12.8 Å².